The van der Waals surface area contributed by atoms with E-state index in [4.69, 9.17) is 0 Å². The molecule has 0 spiro atoms. The Labute approximate surface area is 153 Å². The lowest BCUT2D eigenvalue weighted by Gasteiger charge is -2.24. The van der Waals surface area contributed by atoms with Gasteiger partial charge in [0, 0.05) is 57.9 Å². The molecule has 1 N–H and O–H groups in total. The molecule has 3 amide bonds. The Kier molecular flexibility index (Phi) is 5.44. The number of hydrogen-bond donors (Lipinski definition) is 1. The van der Waals surface area contributed by atoms with Crippen LogP contribution in [0.15, 0.2) is 24.3 Å². The van der Waals surface area contributed by atoms with Crippen LogP contribution in [-0.2, 0) is 9.59 Å². The number of amides is 3. The molecule has 140 valence electrons. The van der Waals surface area contributed by atoms with Crippen molar-refractivity contribution in [2.24, 2.45) is 0 Å². The maximum absolute atomic E-state index is 12.8. The Hall–Kier alpha value is -2.57. The molecule has 2 saturated heterocycles. The number of rotatable bonds is 3. The molecule has 0 aromatic heterocycles. The molecule has 2 aliphatic rings. The minimum atomic E-state index is -0.400. The normalized spacial score (nSPS) is 20.5. The maximum Gasteiger partial charge on any atom is 0.253 e. The predicted octanol–water partition coefficient (Wildman–Crippen LogP) is 0.706. The van der Waals surface area contributed by atoms with E-state index >= 15 is 0 Å². The third-order valence-corrected chi connectivity index (χ3v) is 5.02. The Balaban J connectivity index is 1.60. The molecule has 0 saturated carbocycles. The third kappa shape index (κ3) is 3.98. The van der Waals surface area contributed by atoms with Gasteiger partial charge in [0.05, 0.1) is 0 Å². The molecule has 1 unspecified atom stereocenters. The number of nitrogens with zero attached hydrogens (tertiary/aromatic N) is 3. The zero-order valence-corrected chi connectivity index (χ0v) is 15.4. The number of benzene rings is 1. The minimum absolute atomic E-state index is 0.00113. The summed E-state index contributed by atoms with van der Waals surface area (Å²) in [4.78, 5) is 42.2. The Morgan fingerprint density at radius 3 is 2.31 bits per heavy atom. The van der Waals surface area contributed by atoms with Gasteiger partial charge < -0.3 is 20.0 Å². The van der Waals surface area contributed by atoms with Gasteiger partial charge in [-0.3, -0.25) is 14.4 Å². The third-order valence-electron chi connectivity index (χ3n) is 5.02. The summed E-state index contributed by atoms with van der Waals surface area (Å²) in [6.07, 6.45) is 1.72. The van der Waals surface area contributed by atoms with Gasteiger partial charge in [0.25, 0.3) is 5.91 Å². The van der Waals surface area contributed by atoms with Gasteiger partial charge >= 0.3 is 0 Å². The van der Waals surface area contributed by atoms with E-state index < -0.39 is 6.04 Å². The van der Waals surface area contributed by atoms with E-state index in [1.165, 1.54) is 0 Å². The van der Waals surface area contributed by atoms with Crippen LogP contribution < -0.4 is 10.2 Å². The molecule has 2 heterocycles. The highest BCUT2D eigenvalue weighted by Gasteiger charge is 2.32. The lowest BCUT2D eigenvalue weighted by atomic mass is 10.1. The monoisotopic (exact) mass is 358 g/mol. The van der Waals surface area contributed by atoms with E-state index in [1.807, 2.05) is 48.2 Å². The molecule has 0 radical (unpaired) electrons. The number of hydrogen-bond acceptors (Lipinski definition) is 4. The molecule has 0 bridgehead atoms. The quantitative estimate of drug-likeness (QED) is 0.864. The summed E-state index contributed by atoms with van der Waals surface area (Å²) in [6, 6.07) is 7.16. The smallest absolute Gasteiger partial charge is 0.253 e. The second-order valence-corrected chi connectivity index (χ2v) is 7.07. The van der Waals surface area contributed by atoms with Gasteiger partial charge in [-0.05, 0) is 37.1 Å². The number of carbonyl (C=O) groups is 3. The Morgan fingerprint density at radius 2 is 1.69 bits per heavy atom. The van der Waals surface area contributed by atoms with E-state index in [9.17, 15) is 14.4 Å². The van der Waals surface area contributed by atoms with Gasteiger partial charge in [-0.15, -0.1) is 0 Å². The summed E-state index contributed by atoms with van der Waals surface area (Å²) in [5.74, 6) is -0.0876. The molecular formula is C19H26N4O3. The fraction of sp³-hybridized carbons (Fsp3) is 0.526. The molecule has 1 aromatic rings. The molecule has 2 fully saturated rings. The molecule has 2 aliphatic heterocycles. The summed E-state index contributed by atoms with van der Waals surface area (Å²) in [5.41, 5.74) is 1.71. The van der Waals surface area contributed by atoms with Crippen molar-refractivity contribution in [1.82, 2.24) is 15.1 Å². The number of anilines is 1. The first kappa shape index (κ1) is 18.2. The van der Waals surface area contributed by atoms with Crippen LogP contribution in [0.2, 0.25) is 0 Å². The average Bonchev–Trinajstić information content (AvgIpc) is 2.93. The predicted molar refractivity (Wildman–Crippen MR) is 99.0 cm³/mol. The summed E-state index contributed by atoms with van der Waals surface area (Å²) in [5, 5.41) is 2.73. The molecule has 0 aliphatic carbocycles. The lowest BCUT2D eigenvalue weighted by Crippen LogP contribution is -2.46. The summed E-state index contributed by atoms with van der Waals surface area (Å²) in [7, 11) is 3.92. The topological polar surface area (TPSA) is 73.0 Å². The van der Waals surface area contributed by atoms with Gasteiger partial charge in [-0.1, -0.05) is 0 Å². The molecule has 3 rings (SSSR count). The summed E-state index contributed by atoms with van der Waals surface area (Å²) < 4.78 is 0. The van der Waals surface area contributed by atoms with Crippen LogP contribution in [0.4, 0.5) is 5.69 Å². The zero-order chi connectivity index (χ0) is 18.7. The lowest BCUT2D eigenvalue weighted by molar-refractivity contribution is -0.134. The van der Waals surface area contributed by atoms with Crippen LogP contribution in [0.3, 0.4) is 0 Å². The first-order valence-electron chi connectivity index (χ1n) is 9.10. The summed E-state index contributed by atoms with van der Waals surface area (Å²) >= 11 is 0. The van der Waals surface area contributed by atoms with Crippen LogP contribution in [0, 0.1) is 0 Å². The van der Waals surface area contributed by atoms with Crippen molar-refractivity contribution in [1.29, 1.82) is 0 Å². The molecular weight excluding hydrogens is 332 g/mol. The van der Waals surface area contributed by atoms with Crippen LogP contribution in [0.1, 0.15) is 29.6 Å². The van der Waals surface area contributed by atoms with Gasteiger partial charge in [0.15, 0.2) is 0 Å². The molecule has 7 nitrogen and oxygen atoms in total. The van der Waals surface area contributed by atoms with Gasteiger partial charge in [0.2, 0.25) is 11.8 Å². The molecule has 26 heavy (non-hydrogen) atoms. The Morgan fingerprint density at radius 1 is 1.04 bits per heavy atom. The highest BCUT2D eigenvalue weighted by atomic mass is 16.2. The zero-order valence-electron chi connectivity index (χ0n) is 15.4. The van der Waals surface area contributed by atoms with Crippen LogP contribution >= 0.6 is 0 Å². The standard InChI is InChI=1S/C19H26N4O3/c1-21(2)15-6-4-14(5-7-15)18(25)22-10-3-11-23(13-12-22)19(26)16-8-9-17(24)20-16/h4-7,16H,3,8-13H2,1-2H3,(H,20,24). The van der Waals surface area contributed by atoms with E-state index in [-0.39, 0.29) is 17.7 Å². The fourth-order valence-corrected chi connectivity index (χ4v) is 3.45. The minimum Gasteiger partial charge on any atom is -0.378 e. The van der Waals surface area contributed by atoms with Crippen molar-refractivity contribution < 1.29 is 14.4 Å². The van der Waals surface area contributed by atoms with Crippen molar-refractivity contribution >= 4 is 23.4 Å². The van der Waals surface area contributed by atoms with Gasteiger partial charge in [-0.25, -0.2) is 0 Å². The SMILES string of the molecule is CN(C)c1ccc(C(=O)N2CCCN(C(=O)C3CCC(=O)N3)CC2)cc1. The van der Waals surface area contributed by atoms with Crippen molar-refractivity contribution in [3.8, 4) is 0 Å². The number of nitrogens with one attached hydrogen (secondary N) is 1. The van der Waals surface area contributed by atoms with Crippen LogP contribution in [0.5, 0.6) is 0 Å². The van der Waals surface area contributed by atoms with E-state index in [0.717, 1.165) is 12.1 Å². The van der Waals surface area contributed by atoms with Crippen molar-refractivity contribution in [2.45, 2.75) is 25.3 Å². The van der Waals surface area contributed by atoms with E-state index in [2.05, 4.69) is 5.32 Å². The largest absolute Gasteiger partial charge is 0.378 e. The highest BCUT2D eigenvalue weighted by Crippen LogP contribution is 2.16. The van der Waals surface area contributed by atoms with Crippen molar-refractivity contribution in [3.05, 3.63) is 29.8 Å². The van der Waals surface area contributed by atoms with Crippen molar-refractivity contribution in [2.75, 3.05) is 45.2 Å². The first-order valence-corrected chi connectivity index (χ1v) is 9.10. The molecule has 7 heteroatoms. The van der Waals surface area contributed by atoms with Crippen LogP contribution in [0.25, 0.3) is 0 Å². The highest BCUT2D eigenvalue weighted by molar-refractivity contribution is 5.95. The first-order chi connectivity index (χ1) is 12.5. The van der Waals surface area contributed by atoms with Gasteiger partial charge in [-0.2, -0.15) is 0 Å². The second kappa shape index (κ2) is 7.76. The molecule has 1 aromatic carbocycles. The van der Waals surface area contributed by atoms with Gasteiger partial charge in [0.1, 0.15) is 6.04 Å². The second-order valence-electron chi connectivity index (χ2n) is 7.07. The average molecular weight is 358 g/mol. The van der Waals surface area contributed by atoms with Crippen LogP contribution in [-0.4, -0.2) is 73.8 Å². The van der Waals surface area contributed by atoms with E-state index in [0.29, 0.717) is 44.6 Å². The fourth-order valence-electron chi connectivity index (χ4n) is 3.45. The molecule has 1 atom stereocenters. The maximum atomic E-state index is 12.8. The van der Waals surface area contributed by atoms with Crippen molar-refractivity contribution in [3.63, 3.8) is 0 Å². The van der Waals surface area contributed by atoms with E-state index in [1.54, 1.807) is 4.90 Å². The summed E-state index contributed by atoms with van der Waals surface area (Å²) in [6.45, 7) is 2.27. The number of carbonyl (C=O) groups excluding carboxylic acids is 3. The Bertz CT molecular complexity index is 687.